The molecule has 51 heavy (non-hydrogen) atoms. The number of phenols is 1. The zero-order chi connectivity index (χ0) is 38.6. The lowest BCUT2D eigenvalue weighted by atomic mass is 9.93. The Kier molecular flexibility index (Phi) is 21.6. The molecule has 288 valence electrons. The number of nitrogens with two attached hydrogens (primary N) is 2. The molecule has 0 saturated carbocycles. The molecule has 13 heteroatoms. The number of Topliss-reactive ketones (excluding diaryl/α,β-unsaturated/α-hetero) is 1. The fourth-order valence-electron chi connectivity index (χ4n) is 5.42. The van der Waals surface area contributed by atoms with Gasteiger partial charge in [0.25, 0.3) is 0 Å². The summed E-state index contributed by atoms with van der Waals surface area (Å²) in [6.45, 7) is 15.8. The summed E-state index contributed by atoms with van der Waals surface area (Å²) in [5, 5.41) is 16.3. The molecule has 0 radical (unpaired) electrons. The highest BCUT2D eigenvalue weighted by Crippen LogP contribution is 2.40. The SMILES string of the molecule is CC(C)=O.CCOC(=O)C(CCCCN)NP(=O)(COc1cc(C)c(Cc2ccc(O)c(C(C)C)c2)c(C)c1)NC(CCCCN)C(=O)OCC. The van der Waals surface area contributed by atoms with Crippen LogP contribution in [0.25, 0.3) is 0 Å². The van der Waals surface area contributed by atoms with Gasteiger partial charge in [-0.2, -0.15) is 0 Å². The highest BCUT2D eigenvalue weighted by atomic mass is 31.2. The highest BCUT2D eigenvalue weighted by molar-refractivity contribution is 7.59. The number of hydrogen-bond donors (Lipinski definition) is 5. The maximum Gasteiger partial charge on any atom is 0.323 e. The molecule has 2 aromatic carbocycles. The van der Waals surface area contributed by atoms with Gasteiger partial charge in [-0.3, -0.25) is 14.2 Å². The largest absolute Gasteiger partial charge is 0.508 e. The fourth-order valence-corrected chi connectivity index (χ4v) is 7.45. The van der Waals surface area contributed by atoms with E-state index in [0.717, 1.165) is 27.8 Å². The Bertz CT molecular complexity index is 1370. The van der Waals surface area contributed by atoms with E-state index in [-0.39, 0.29) is 31.3 Å². The van der Waals surface area contributed by atoms with Crippen LogP contribution in [0.2, 0.25) is 0 Å². The van der Waals surface area contributed by atoms with Crippen LogP contribution in [0.1, 0.15) is 114 Å². The van der Waals surface area contributed by atoms with E-state index in [4.69, 9.17) is 25.7 Å². The van der Waals surface area contributed by atoms with E-state index in [0.29, 0.717) is 69.5 Å². The Morgan fingerprint density at radius 3 is 1.71 bits per heavy atom. The number of aromatic hydroxyl groups is 1. The number of carbonyl (C=O) groups excluding carboxylic acids is 3. The zero-order valence-electron chi connectivity index (χ0n) is 32.0. The summed E-state index contributed by atoms with van der Waals surface area (Å²) < 4.78 is 31.4. The highest BCUT2D eigenvalue weighted by Gasteiger charge is 2.35. The molecule has 0 spiro atoms. The van der Waals surface area contributed by atoms with Gasteiger partial charge in [-0.05, 0) is 139 Å². The first-order valence-electron chi connectivity index (χ1n) is 18.0. The van der Waals surface area contributed by atoms with Crippen molar-refractivity contribution < 1.29 is 38.3 Å². The van der Waals surface area contributed by atoms with Gasteiger partial charge in [0.1, 0.15) is 29.4 Å². The molecule has 0 aromatic heterocycles. The van der Waals surface area contributed by atoms with Crippen LogP contribution in [0.4, 0.5) is 0 Å². The lowest BCUT2D eigenvalue weighted by Crippen LogP contribution is -2.45. The Labute approximate surface area is 305 Å². The van der Waals surface area contributed by atoms with Gasteiger partial charge < -0.3 is 35.6 Å². The summed E-state index contributed by atoms with van der Waals surface area (Å²) in [4.78, 5) is 35.3. The third-order valence-corrected chi connectivity index (χ3v) is 9.89. The molecule has 0 bridgehead atoms. The summed E-state index contributed by atoms with van der Waals surface area (Å²) in [5.74, 6) is 0.0926. The number of benzene rings is 2. The first-order valence-corrected chi connectivity index (χ1v) is 19.9. The first-order chi connectivity index (χ1) is 24.1. The Balaban J connectivity index is 0.00000308. The molecule has 0 heterocycles. The molecule has 0 aliphatic heterocycles. The molecule has 2 atom stereocenters. The van der Waals surface area contributed by atoms with Gasteiger partial charge in [0.05, 0.1) is 13.2 Å². The molecule has 2 aromatic rings. The normalized spacial score (nSPS) is 13.4. The summed E-state index contributed by atoms with van der Waals surface area (Å²) in [6.07, 6.45) is 3.64. The van der Waals surface area contributed by atoms with Crippen LogP contribution < -0.4 is 26.4 Å². The fraction of sp³-hybridized carbons (Fsp3) is 0.605. The third kappa shape index (κ3) is 17.2. The Morgan fingerprint density at radius 2 is 1.29 bits per heavy atom. The standard InChI is InChI=1S/C35H57N4O7P.C3H6O/c1-7-44-34(41)31(13-9-11-17-36)38-47(43,39-32(14-10-12-18-37)35(42)45-8-2)23-46-28-19-25(5)30(26(6)20-28)22-27-15-16-33(40)29(21-27)24(3)4;1-3(2)4/h15-16,19-21,24,31-32,40H,7-14,17-18,22-23,36-37H2,1-6H3,(H2,38,39,43);1-2H3. The smallest absolute Gasteiger partial charge is 0.323 e. The van der Waals surface area contributed by atoms with E-state index in [2.05, 4.69) is 10.2 Å². The van der Waals surface area contributed by atoms with Crippen LogP contribution in [0.15, 0.2) is 30.3 Å². The first kappa shape index (κ1) is 45.7. The second kappa shape index (κ2) is 24.1. The summed E-state index contributed by atoms with van der Waals surface area (Å²) in [6, 6.07) is 7.69. The van der Waals surface area contributed by atoms with Crippen LogP contribution in [0, 0.1) is 13.8 Å². The monoisotopic (exact) mass is 734 g/mol. The molecule has 0 amide bonds. The number of hydrogen-bond acceptors (Lipinski definition) is 10. The van der Waals surface area contributed by atoms with Crippen molar-refractivity contribution in [1.29, 1.82) is 0 Å². The van der Waals surface area contributed by atoms with Gasteiger partial charge in [-0.25, -0.2) is 10.2 Å². The minimum absolute atomic E-state index is 0.167. The molecule has 0 fully saturated rings. The van der Waals surface area contributed by atoms with E-state index in [1.54, 1.807) is 19.9 Å². The zero-order valence-corrected chi connectivity index (χ0v) is 32.9. The molecule has 2 rings (SSSR count). The van der Waals surface area contributed by atoms with E-state index in [1.165, 1.54) is 13.8 Å². The third-order valence-electron chi connectivity index (χ3n) is 7.94. The van der Waals surface area contributed by atoms with Crippen molar-refractivity contribution in [2.45, 2.75) is 118 Å². The number of ether oxygens (including phenoxy) is 3. The minimum Gasteiger partial charge on any atom is -0.508 e. The van der Waals surface area contributed by atoms with Gasteiger partial charge >= 0.3 is 11.9 Å². The van der Waals surface area contributed by atoms with Crippen molar-refractivity contribution in [3.05, 3.63) is 58.1 Å². The van der Waals surface area contributed by atoms with Crippen molar-refractivity contribution >= 4 is 25.2 Å². The van der Waals surface area contributed by atoms with E-state index in [1.807, 2.05) is 52.0 Å². The second-order valence-electron chi connectivity index (χ2n) is 13.1. The van der Waals surface area contributed by atoms with Crippen molar-refractivity contribution in [3.63, 3.8) is 0 Å². The summed E-state index contributed by atoms with van der Waals surface area (Å²) in [5.41, 5.74) is 16.5. The van der Waals surface area contributed by atoms with Gasteiger partial charge in [0.2, 0.25) is 7.44 Å². The molecular weight excluding hydrogens is 671 g/mol. The number of phenolic OH excluding ortho intramolecular Hbond substituents is 1. The van der Waals surface area contributed by atoms with Gasteiger partial charge in [0, 0.05) is 0 Å². The van der Waals surface area contributed by atoms with Crippen molar-refractivity contribution in [2.24, 2.45) is 11.5 Å². The molecule has 7 N–H and O–H groups in total. The van der Waals surface area contributed by atoms with Gasteiger partial charge in [0.15, 0.2) is 6.35 Å². The molecular formula is C38H63N4O8P. The predicted octanol–water partition coefficient (Wildman–Crippen LogP) is 6.15. The molecule has 0 saturated heterocycles. The lowest BCUT2D eigenvalue weighted by molar-refractivity contribution is -0.145. The molecule has 0 aliphatic carbocycles. The quantitative estimate of drug-likeness (QED) is 0.0528. The van der Waals surface area contributed by atoms with E-state index >= 15 is 0 Å². The van der Waals surface area contributed by atoms with Gasteiger partial charge in [-0.1, -0.05) is 38.8 Å². The number of ketones is 1. The number of unbranched alkanes of at least 4 members (excludes halogenated alkanes) is 2. The molecule has 0 aliphatic rings. The summed E-state index contributed by atoms with van der Waals surface area (Å²) >= 11 is 0. The number of aryl methyl sites for hydroxylation is 2. The van der Waals surface area contributed by atoms with Gasteiger partial charge in [-0.15, -0.1) is 0 Å². The Morgan fingerprint density at radius 1 is 0.824 bits per heavy atom. The number of esters is 2. The van der Waals surface area contributed by atoms with E-state index < -0.39 is 31.5 Å². The average Bonchev–Trinajstić information content (AvgIpc) is 3.05. The van der Waals surface area contributed by atoms with E-state index in [9.17, 15) is 24.1 Å². The second-order valence-corrected chi connectivity index (χ2v) is 15.4. The van der Waals surface area contributed by atoms with Crippen LogP contribution in [0.5, 0.6) is 11.5 Å². The van der Waals surface area contributed by atoms with Crippen LogP contribution in [0.3, 0.4) is 0 Å². The minimum atomic E-state index is -3.78. The number of carbonyl (C=O) groups is 3. The molecule has 2 unspecified atom stereocenters. The maximum atomic E-state index is 14.6. The average molecular weight is 735 g/mol. The van der Waals surface area contributed by atoms with Crippen LogP contribution in [-0.2, 0) is 34.8 Å². The van der Waals surface area contributed by atoms with Crippen molar-refractivity contribution in [3.8, 4) is 11.5 Å². The van der Waals surface area contributed by atoms with Crippen LogP contribution in [-0.4, -0.2) is 67.6 Å². The number of nitrogens with one attached hydrogen (secondary N) is 2. The summed E-state index contributed by atoms with van der Waals surface area (Å²) in [7, 11) is -3.78. The lowest BCUT2D eigenvalue weighted by Gasteiger charge is -2.29. The number of rotatable bonds is 22. The maximum absolute atomic E-state index is 14.6. The van der Waals surface area contributed by atoms with Crippen molar-refractivity contribution in [1.82, 2.24) is 10.2 Å². The van der Waals surface area contributed by atoms with Crippen LogP contribution >= 0.6 is 7.44 Å². The topological polar surface area (TPSA) is 192 Å². The Hall–Kier alpha value is -3.28. The molecule has 12 nitrogen and oxygen atoms in total. The predicted molar refractivity (Wildman–Crippen MR) is 203 cm³/mol. The van der Waals surface area contributed by atoms with Crippen molar-refractivity contribution in [2.75, 3.05) is 32.7 Å².